The first-order valence-electron chi connectivity index (χ1n) is 10.7. The molecule has 0 radical (unpaired) electrons. The average molecular weight is 445 g/mol. The molecule has 1 aliphatic carbocycles. The molecule has 1 aliphatic heterocycles. The number of sulfone groups is 1. The summed E-state index contributed by atoms with van der Waals surface area (Å²) in [5, 5.41) is 2.66. The van der Waals surface area contributed by atoms with Crippen molar-refractivity contribution in [3.8, 4) is 0 Å². The number of nitrogens with zero attached hydrogens (tertiary/aromatic N) is 1. The topological polar surface area (TPSA) is 66.5 Å². The summed E-state index contributed by atoms with van der Waals surface area (Å²) in [6.45, 7) is 1.32. The SMILES string of the molecule is O=C(CCS(=O)(=O)C1CCCC1)NCCCN1c2ccccc2Sc2ccccc21. The van der Waals surface area contributed by atoms with Crippen molar-refractivity contribution in [2.75, 3.05) is 23.7 Å². The third-order valence-corrected chi connectivity index (χ3v) is 9.23. The first-order chi connectivity index (χ1) is 14.5. The van der Waals surface area contributed by atoms with Gasteiger partial charge in [-0.3, -0.25) is 4.79 Å². The van der Waals surface area contributed by atoms with E-state index in [0.717, 1.165) is 38.6 Å². The number of hydrogen-bond acceptors (Lipinski definition) is 5. The highest BCUT2D eigenvalue weighted by molar-refractivity contribution is 7.99. The van der Waals surface area contributed by atoms with E-state index in [1.165, 1.54) is 21.2 Å². The molecule has 0 atom stereocenters. The van der Waals surface area contributed by atoms with Gasteiger partial charge in [0.2, 0.25) is 5.91 Å². The monoisotopic (exact) mass is 444 g/mol. The van der Waals surface area contributed by atoms with E-state index in [2.05, 4.69) is 46.6 Å². The zero-order valence-corrected chi connectivity index (χ0v) is 18.7. The second-order valence-electron chi connectivity index (χ2n) is 7.92. The second-order valence-corrected chi connectivity index (χ2v) is 11.4. The molecule has 2 aliphatic rings. The highest BCUT2D eigenvalue weighted by atomic mass is 32.2. The van der Waals surface area contributed by atoms with Crippen LogP contribution in [0.5, 0.6) is 0 Å². The number of rotatable bonds is 8. The van der Waals surface area contributed by atoms with Gasteiger partial charge in [-0.05, 0) is 43.5 Å². The van der Waals surface area contributed by atoms with Gasteiger partial charge in [-0.15, -0.1) is 0 Å². The summed E-state index contributed by atoms with van der Waals surface area (Å²) in [6, 6.07) is 16.7. The van der Waals surface area contributed by atoms with Crippen LogP contribution in [0.3, 0.4) is 0 Å². The highest BCUT2D eigenvalue weighted by Crippen LogP contribution is 2.47. The molecule has 2 aromatic rings. The number of hydrogen-bond donors (Lipinski definition) is 1. The van der Waals surface area contributed by atoms with Gasteiger partial charge in [-0.1, -0.05) is 48.9 Å². The number of carbonyl (C=O) groups excluding carboxylic acids is 1. The molecule has 30 heavy (non-hydrogen) atoms. The van der Waals surface area contributed by atoms with Crippen molar-refractivity contribution >= 4 is 38.9 Å². The van der Waals surface area contributed by atoms with Crippen molar-refractivity contribution in [2.24, 2.45) is 0 Å². The molecule has 4 rings (SSSR count). The molecular formula is C23H28N2O3S2. The quantitative estimate of drug-likeness (QED) is 0.606. The van der Waals surface area contributed by atoms with Crippen LogP contribution in [0.25, 0.3) is 0 Å². The highest BCUT2D eigenvalue weighted by Gasteiger charge is 2.29. The van der Waals surface area contributed by atoms with E-state index in [1.807, 2.05) is 12.1 Å². The predicted molar refractivity (Wildman–Crippen MR) is 122 cm³/mol. The number of nitrogens with one attached hydrogen (secondary N) is 1. The molecule has 160 valence electrons. The van der Waals surface area contributed by atoms with E-state index in [0.29, 0.717) is 6.54 Å². The molecular weight excluding hydrogens is 416 g/mol. The minimum atomic E-state index is -3.14. The Hall–Kier alpha value is -1.99. The first-order valence-corrected chi connectivity index (χ1v) is 13.2. The van der Waals surface area contributed by atoms with Crippen LogP contribution in [0, 0.1) is 0 Å². The van der Waals surface area contributed by atoms with Crippen LogP contribution in [0.2, 0.25) is 0 Å². The summed E-state index contributed by atoms with van der Waals surface area (Å²) < 4.78 is 24.6. The molecule has 0 aromatic heterocycles. The van der Waals surface area contributed by atoms with Crippen molar-refractivity contribution in [2.45, 2.75) is 53.6 Å². The maximum absolute atomic E-state index is 12.3. The Morgan fingerprint density at radius 3 is 2.23 bits per heavy atom. The molecule has 0 unspecified atom stereocenters. The minimum absolute atomic E-state index is 0.0341. The van der Waals surface area contributed by atoms with Crippen molar-refractivity contribution in [1.29, 1.82) is 0 Å². The Kier molecular flexibility index (Phi) is 6.68. The zero-order chi connectivity index (χ0) is 21.0. The van der Waals surface area contributed by atoms with E-state index in [9.17, 15) is 13.2 Å². The van der Waals surface area contributed by atoms with E-state index >= 15 is 0 Å². The second kappa shape index (κ2) is 9.43. The minimum Gasteiger partial charge on any atom is -0.356 e. The fourth-order valence-corrected chi connectivity index (χ4v) is 7.18. The smallest absolute Gasteiger partial charge is 0.221 e. The van der Waals surface area contributed by atoms with E-state index in [1.54, 1.807) is 11.8 Å². The largest absolute Gasteiger partial charge is 0.356 e. The van der Waals surface area contributed by atoms with Crippen molar-refractivity contribution < 1.29 is 13.2 Å². The number of para-hydroxylation sites is 2. The summed E-state index contributed by atoms with van der Waals surface area (Å²) in [6.07, 6.45) is 4.32. The van der Waals surface area contributed by atoms with Gasteiger partial charge < -0.3 is 10.2 Å². The maximum atomic E-state index is 12.3. The molecule has 1 fully saturated rings. The Morgan fingerprint density at radius 1 is 1.00 bits per heavy atom. The standard InChI is InChI=1S/C23H28N2O3S2/c26-23(14-17-30(27,28)18-8-1-2-9-18)24-15-7-16-25-19-10-3-5-12-21(19)29-22-13-6-4-11-20(22)25/h3-6,10-13,18H,1-2,7-9,14-17H2,(H,24,26). The van der Waals surface area contributed by atoms with Gasteiger partial charge in [0.15, 0.2) is 9.84 Å². The number of amides is 1. The van der Waals surface area contributed by atoms with Crippen LogP contribution in [-0.2, 0) is 14.6 Å². The Morgan fingerprint density at radius 2 is 1.60 bits per heavy atom. The molecule has 2 aromatic carbocycles. The van der Waals surface area contributed by atoms with E-state index in [4.69, 9.17) is 0 Å². The van der Waals surface area contributed by atoms with Crippen LogP contribution in [0.15, 0.2) is 58.3 Å². The Labute approximate surface area is 183 Å². The molecule has 1 heterocycles. The molecule has 0 bridgehead atoms. The average Bonchev–Trinajstić information content (AvgIpc) is 3.30. The Balaban J connectivity index is 1.28. The molecule has 0 spiro atoms. The molecule has 1 saturated carbocycles. The van der Waals surface area contributed by atoms with Gasteiger partial charge in [0.05, 0.1) is 22.4 Å². The lowest BCUT2D eigenvalue weighted by Gasteiger charge is -2.32. The van der Waals surface area contributed by atoms with E-state index < -0.39 is 9.84 Å². The van der Waals surface area contributed by atoms with Gasteiger partial charge in [0.1, 0.15) is 0 Å². The van der Waals surface area contributed by atoms with Gasteiger partial charge >= 0.3 is 0 Å². The number of carbonyl (C=O) groups is 1. The molecule has 0 saturated heterocycles. The molecule has 1 N–H and O–H groups in total. The lowest BCUT2D eigenvalue weighted by atomic mass is 10.2. The Bertz CT molecular complexity index is 956. The normalized spacial score (nSPS) is 16.2. The van der Waals surface area contributed by atoms with Crippen molar-refractivity contribution in [1.82, 2.24) is 5.32 Å². The van der Waals surface area contributed by atoms with Gasteiger partial charge in [-0.25, -0.2) is 8.42 Å². The lowest BCUT2D eigenvalue weighted by Crippen LogP contribution is -2.31. The predicted octanol–water partition coefficient (Wildman–Crippen LogP) is 4.54. The molecule has 7 heteroatoms. The number of benzene rings is 2. The fourth-order valence-electron chi connectivity index (χ4n) is 4.22. The van der Waals surface area contributed by atoms with Gasteiger partial charge in [0, 0.05) is 29.3 Å². The maximum Gasteiger partial charge on any atom is 0.221 e. The van der Waals surface area contributed by atoms with Crippen molar-refractivity contribution in [3.63, 3.8) is 0 Å². The lowest BCUT2D eigenvalue weighted by molar-refractivity contribution is -0.120. The summed E-state index contributed by atoms with van der Waals surface area (Å²) in [5.41, 5.74) is 2.38. The first kappa shape index (κ1) is 21.2. The zero-order valence-electron chi connectivity index (χ0n) is 17.0. The molecule has 5 nitrogen and oxygen atoms in total. The third kappa shape index (κ3) is 4.83. The number of fused-ring (bicyclic) bond motifs is 2. The van der Waals surface area contributed by atoms with Crippen LogP contribution in [0.4, 0.5) is 11.4 Å². The third-order valence-electron chi connectivity index (χ3n) is 5.84. The summed E-state index contributed by atoms with van der Waals surface area (Å²) in [4.78, 5) is 16.9. The van der Waals surface area contributed by atoms with Crippen LogP contribution < -0.4 is 10.2 Å². The van der Waals surface area contributed by atoms with Crippen LogP contribution >= 0.6 is 11.8 Å². The van der Waals surface area contributed by atoms with Crippen LogP contribution in [0.1, 0.15) is 38.5 Å². The number of anilines is 2. The summed E-state index contributed by atoms with van der Waals surface area (Å²) in [7, 11) is -3.14. The van der Waals surface area contributed by atoms with Gasteiger partial charge in [-0.2, -0.15) is 0 Å². The van der Waals surface area contributed by atoms with Gasteiger partial charge in [0.25, 0.3) is 0 Å². The van der Waals surface area contributed by atoms with E-state index in [-0.39, 0.29) is 23.3 Å². The summed E-state index contributed by atoms with van der Waals surface area (Å²) in [5.74, 6) is -0.209. The molecule has 1 amide bonds. The van der Waals surface area contributed by atoms with Crippen molar-refractivity contribution in [3.05, 3.63) is 48.5 Å². The summed E-state index contributed by atoms with van der Waals surface area (Å²) >= 11 is 1.78. The fraction of sp³-hybridized carbons (Fsp3) is 0.435. The van der Waals surface area contributed by atoms with Crippen LogP contribution in [-0.4, -0.2) is 38.4 Å².